The molecule has 2 aliphatic rings. The van der Waals surface area contributed by atoms with Crippen LogP contribution in [0.15, 0.2) is 6.20 Å². The molecule has 1 aromatic heterocycles. The first kappa shape index (κ1) is 17.1. The lowest BCUT2D eigenvalue weighted by atomic mass is 9.91. The van der Waals surface area contributed by atoms with Crippen LogP contribution in [0, 0.1) is 0 Å². The maximum atomic E-state index is 12.5. The molecule has 1 fully saturated rings. The molecule has 132 valence electrons. The lowest BCUT2D eigenvalue weighted by Crippen LogP contribution is -2.41. The van der Waals surface area contributed by atoms with Crippen molar-refractivity contribution < 1.29 is 9.53 Å². The van der Waals surface area contributed by atoms with Crippen molar-refractivity contribution in [3.8, 4) is 0 Å². The van der Waals surface area contributed by atoms with Crippen molar-refractivity contribution in [3.63, 3.8) is 0 Å². The monoisotopic (exact) mass is 332 g/mol. The van der Waals surface area contributed by atoms with Crippen LogP contribution in [0.3, 0.4) is 0 Å². The van der Waals surface area contributed by atoms with E-state index in [2.05, 4.69) is 24.1 Å². The SMILES string of the molecule is CCCC(=O)N1Cc2nc(NC3CCOCC3)ncc2C1(C)CC. The zero-order valence-electron chi connectivity index (χ0n) is 15.0. The highest BCUT2D eigenvalue weighted by molar-refractivity contribution is 5.78. The average molecular weight is 332 g/mol. The van der Waals surface area contributed by atoms with Crippen LogP contribution in [0.1, 0.15) is 64.1 Å². The van der Waals surface area contributed by atoms with Gasteiger partial charge in [0.15, 0.2) is 0 Å². The Labute approximate surface area is 144 Å². The standard InChI is InChI=1S/C18H28N4O2/c1-4-6-16(23)22-12-15-14(18(22,3)5-2)11-19-17(21-15)20-13-7-9-24-10-8-13/h11,13H,4-10,12H2,1-3H3,(H,19,20,21). The van der Waals surface area contributed by atoms with E-state index in [9.17, 15) is 4.79 Å². The van der Waals surface area contributed by atoms with E-state index in [1.165, 1.54) is 0 Å². The molecule has 1 aromatic rings. The van der Waals surface area contributed by atoms with Gasteiger partial charge in [-0.25, -0.2) is 9.97 Å². The van der Waals surface area contributed by atoms with Gasteiger partial charge in [0.2, 0.25) is 11.9 Å². The van der Waals surface area contributed by atoms with Gasteiger partial charge in [0.1, 0.15) is 0 Å². The van der Waals surface area contributed by atoms with Gasteiger partial charge in [0.25, 0.3) is 0 Å². The fraction of sp³-hybridized carbons (Fsp3) is 0.722. The highest BCUT2D eigenvalue weighted by atomic mass is 16.5. The summed E-state index contributed by atoms with van der Waals surface area (Å²) in [6.45, 7) is 8.45. The molecule has 0 saturated carbocycles. The number of aromatic nitrogens is 2. The van der Waals surface area contributed by atoms with Crippen molar-refractivity contribution in [2.75, 3.05) is 18.5 Å². The first-order valence-electron chi connectivity index (χ1n) is 9.09. The normalized spacial score (nSPS) is 24.0. The number of hydrogen-bond donors (Lipinski definition) is 1. The molecule has 0 aliphatic carbocycles. The van der Waals surface area contributed by atoms with Gasteiger partial charge < -0.3 is 15.0 Å². The largest absolute Gasteiger partial charge is 0.381 e. The summed E-state index contributed by atoms with van der Waals surface area (Å²) in [6, 6.07) is 0.369. The number of fused-ring (bicyclic) bond motifs is 1. The zero-order valence-corrected chi connectivity index (χ0v) is 15.0. The highest BCUT2D eigenvalue weighted by Crippen LogP contribution is 2.41. The summed E-state index contributed by atoms with van der Waals surface area (Å²) in [5.41, 5.74) is 1.78. The number of ether oxygens (including phenoxy) is 1. The number of rotatable bonds is 5. The quantitative estimate of drug-likeness (QED) is 0.898. The summed E-state index contributed by atoms with van der Waals surface area (Å²) in [5.74, 6) is 0.877. The molecular weight excluding hydrogens is 304 g/mol. The van der Waals surface area contributed by atoms with Crippen LogP contribution < -0.4 is 5.32 Å². The fourth-order valence-corrected chi connectivity index (χ4v) is 3.64. The van der Waals surface area contributed by atoms with E-state index in [-0.39, 0.29) is 11.4 Å². The van der Waals surface area contributed by atoms with E-state index in [0.29, 0.717) is 25.0 Å². The van der Waals surface area contributed by atoms with Crippen molar-refractivity contribution in [1.29, 1.82) is 0 Å². The van der Waals surface area contributed by atoms with Gasteiger partial charge in [-0.1, -0.05) is 13.8 Å². The summed E-state index contributed by atoms with van der Waals surface area (Å²) in [6.07, 6.45) is 6.19. The van der Waals surface area contributed by atoms with Crippen LogP contribution in [-0.2, 0) is 21.6 Å². The molecule has 0 radical (unpaired) electrons. The average Bonchev–Trinajstić information content (AvgIpc) is 2.89. The number of nitrogens with zero attached hydrogens (tertiary/aromatic N) is 3. The topological polar surface area (TPSA) is 67.4 Å². The number of anilines is 1. The van der Waals surface area contributed by atoms with Crippen LogP contribution in [0.5, 0.6) is 0 Å². The van der Waals surface area contributed by atoms with Crippen LogP contribution in [0.25, 0.3) is 0 Å². The summed E-state index contributed by atoms with van der Waals surface area (Å²) >= 11 is 0. The van der Waals surface area contributed by atoms with Gasteiger partial charge in [-0.3, -0.25) is 4.79 Å². The third kappa shape index (κ3) is 3.11. The number of amides is 1. The lowest BCUT2D eigenvalue weighted by Gasteiger charge is -2.35. The van der Waals surface area contributed by atoms with E-state index in [0.717, 1.165) is 50.2 Å². The second-order valence-electron chi connectivity index (χ2n) is 6.94. The second kappa shape index (κ2) is 7.05. The minimum absolute atomic E-state index is 0.207. The van der Waals surface area contributed by atoms with Gasteiger partial charge in [0, 0.05) is 37.4 Å². The number of hydrogen-bond acceptors (Lipinski definition) is 5. The number of carbonyl (C=O) groups excluding carboxylic acids is 1. The Morgan fingerprint density at radius 2 is 2.17 bits per heavy atom. The Bertz CT molecular complexity index is 601. The minimum atomic E-state index is -0.293. The molecular formula is C18H28N4O2. The predicted molar refractivity (Wildman–Crippen MR) is 92.6 cm³/mol. The summed E-state index contributed by atoms with van der Waals surface area (Å²) in [7, 11) is 0. The van der Waals surface area contributed by atoms with Gasteiger partial charge in [-0.2, -0.15) is 0 Å². The highest BCUT2D eigenvalue weighted by Gasteiger charge is 2.43. The second-order valence-corrected chi connectivity index (χ2v) is 6.94. The maximum absolute atomic E-state index is 12.5. The van der Waals surface area contributed by atoms with Crippen molar-refractivity contribution in [3.05, 3.63) is 17.5 Å². The van der Waals surface area contributed by atoms with E-state index in [1.54, 1.807) is 0 Å². The van der Waals surface area contributed by atoms with E-state index >= 15 is 0 Å². The molecule has 6 heteroatoms. The fourth-order valence-electron chi connectivity index (χ4n) is 3.64. The molecule has 0 bridgehead atoms. The van der Waals surface area contributed by atoms with Crippen LogP contribution in [0.2, 0.25) is 0 Å². The van der Waals surface area contributed by atoms with Crippen molar-refractivity contribution in [2.45, 2.75) is 71.0 Å². The third-order valence-corrected chi connectivity index (χ3v) is 5.36. The van der Waals surface area contributed by atoms with Gasteiger partial charge in [-0.05, 0) is 32.6 Å². The first-order valence-corrected chi connectivity index (χ1v) is 9.09. The Kier molecular flexibility index (Phi) is 5.04. The van der Waals surface area contributed by atoms with Crippen LogP contribution in [-0.4, -0.2) is 40.0 Å². The Hall–Kier alpha value is -1.69. The molecule has 1 N–H and O–H groups in total. The Morgan fingerprint density at radius 3 is 2.83 bits per heavy atom. The molecule has 1 saturated heterocycles. The molecule has 3 heterocycles. The molecule has 24 heavy (non-hydrogen) atoms. The molecule has 1 atom stereocenters. The van der Waals surface area contributed by atoms with Gasteiger partial charge >= 0.3 is 0 Å². The molecule has 3 rings (SSSR count). The Morgan fingerprint density at radius 1 is 1.42 bits per heavy atom. The number of carbonyl (C=O) groups is 1. The van der Waals surface area contributed by atoms with Crippen LogP contribution >= 0.6 is 0 Å². The smallest absolute Gasteiger partial charge is 0.223 e. The summed E-state index contributed by atoms with van der Waals surface area (Å²) in [4.78, 5) is 23.8. The molecule has 2 aliphatic heterocycles. The zero-order chi connectivity index (χ0) is 17.2. The molecule has 1 amide bonds. The lowest BCUT2D eigenvalue weighted by molar-refractivity contribution is -0.137. The van der Waals surface area contributed by atoms with E-state index in [1.807, 2.05) is 18.0 Å². The molecule has 6 nitrogen and oxygen atoms in total. The maximum Gasteiger partial charge on any atom is 0.223 e. The summed E-state index contributed by atoms with van der Waals surface area (Å²) < 4.78 is 5.39. The van der Waals surface area contributed by atoms with Crippen molar-refractivity contribution >= 4 is 11.9 Å². The predicted octanol–water partition coefficient (Wildman–Crippen LogP) is 2.84. The molecule has 0 spiro atoms. The summed E-state index contributed by atoms with van der Waals surface area (Å²) in [5, 5.41) is 3.42. The molecule has 1 unspecified atom stereocenters. The Balaban J connectivity index is 1.81. The minimum Gasteiger partial charge on any atom is -0.381 e. The van der Waals surface area contributed by atoms with E-state index in [4.69, 9.17) is 9.72 Å². The third-order valence-electron chi connectivity index (χ3n) is 5.36. The first-order chi connectivity index (χ1) is 11.6. The van der Waals surface area contributed by atoms with Crippen molar-refractivity contribution in [2.24, 2.45) is 0 Å². The van der Waals surface area contributed by atoms with Gasteiger partial charge in [-0.15, -0.1) is 0 Å². The van der Waals surface area contributed by atoms with Crippen molar-refractivity contribution in [1.82, 2.24) is 14.9 Å². The van der Waals surface area contributed by atoms with E-state index < -0.39 is 0 Å². The molecule has 0 aromatic carbocycles. The van der Waals surface area contributed by atoms with Gasteiger partial charge in [0.05, 0.1) is 17.8 Å². The van der Waals surface area contributed by atoms with Crippen LogP contribution in [0.4, 0.5) is 5.95 Å². The number of nitrogens with one attached hydrogen (secondary N) is 1.